The smallest absolute Gasteiger partial charge is 0.325 e. The third-order valence-corrected chi connectivity index (χ3v) is 7.42. The molecular weight excluding hydrogens is 534 g/mol. The van der Waals surface area contributed by atoms with Crippen LogP contribution >= 0.6 is 0 Å². The van der Waals surface area contributed by atoms with Crippen LogP contribution in [-0.4, -0.2) is 58.4 Å². The summed E-state index contributed by atoms with van der Waals surface area (Å²) in [4.78, 5) is 56.1. The Morgan fingerprint density at radius 3 is 2.48 bits per heavy atom. The summed E-state index contributed by atoms with van der Waals surface area (Å²) in [6.07, 6.45) is 6.19. The van der Waals surface area contributed by atoms with E-state index >= 15 is 0 Å². The lowest BCUT2D eigenvalue weighted by molar-refractivity contribution is -0.157. The fourth-order valence-corrected chi connectivity index (χ4v) is 4.77. The lowest BCUT2D eigenvalue weighted by atomic mass is 10.0. The number of benzene rings is 1. The average molecular weight is 578 g/mol. The van der Waals surface area contributed by atoms with Crippen LogP contribution in [0.3, 0.4) is 0 Å². The zero-order valence-electron chi connectivity index (χ0n) is 25.2. The maximum absolute atomic E-state index is 13.2. The monoisotopic (exact) mass is 577 g/mol. The molecule has 0 saturated carbocycles. The molecule has 0 spiro atoms. The molecule has 0 bridgehead atoms. The van der Waals surface area contributed by atoms with Gasteiger partial charge in [-0.15, -0.1) is 6.58 Å². The Kier molecular flexibility index (Phi) is 11.4. The van der Waals surface area contributed by atoms with Crippen LogP contribution in [-0.2, 0) is 23.9 Å². The van der Waals surface area contributed by atoms with Gasteiger partial charge in [-0.25, -0.2) is 5.43 Å². The third kappa shape index (κ3) is 8.25. The van der Waals surface area contributed by atoms with Crippen molar-refractivity contribution < 1.29 is 23.9 Å². The first-order valence-corrected chi connectivity index (χ1v) is 14.5. The highest BCUT2D eigenvalue weighted by molar-refractivity contribution is 5.92. The van der Waals surface area contributed by atoms with Gasteiger partial charge in [0.1, 0.15) is 24.2 Å². The van der Waals surface area contributed by atoms with Crippen molar-refractivity contribution in [1.82, 2.24) is 26.1 Å². The van der Waals surface area contributed by atoms with E-state index in [9.17, 15) is 19.2 Å². The number of fused-ring (bicyclic) bond motifs is 1. The molecule has 10 nitrogen and oxygen atoms in total. The van der Waals surface area contributed by atoms with Crippen LogP contribution in [0.2, 0.25) is 0 Å². The van der Waals surface area contributed by atoms with Crippen molar-refractivity contribution in [3.63, 3.8) is 0 Å². The Balaban J connectivity index is 1.59. The third-order valence-electron chi connectivity index (χ3n) is 7.42. The van der Waals surface area contributed by atoms with E-state index in [0.29, 0.717) is 25.8 Å². The number of pyridine rings is 1. The van der Waals surface area contributed by atoms with Gasteiger partial charge in [0.25, 0.3) is 5.91 Å². The number of allylic oxidation sites excluding steroid dienone is 1. The number of esters is 1. The molecule has 3 N–H and O–H groups in total. The van der Waals surface area contributed by atoms with Gasteiger partial charge in [-0.1, -0.05) is 45.6 Å². The highest BCUT2D eigenvalue weighted by Crippen LogP contribution is 2.24. The van der Waals surface area contributed by atoms with E-state index in [4.69, 9.17) is 4.74 Å². The number of amides is 3. The number of carbonyl (C=O) groups is 4. The van der Waals surface area contributed by atoms with Crippen molar-refractivity contribution >= 4 is 40.5 Å². The molecule has 2 heterocycles. The first-order valence-electron chi connectivity index (χ1n) is 14.5. The summed E-state index contributed by atoms with van der Waals surface area (Å²) in [5.41, 5.74) is 4.58. The summed E-state index contributed by atoms with van der Waals surface area (Å²) in [5.74, 6) is -2.06. The van der Waals surface area contributed by atoms with Crippen molar-refractivity contribution in [3.05, 3.63) is 61.0 Å². The molecule has 226 valence electrons. The number of hydrogen-bond acceptors (Lipinski definition) is 7. The first kappa shape index (κ1) is 32.5. The minimum atomic E-state index is -0.880. The van der Waals surface area contributed by atoms with Crippen LogP contribution in [0, 0.1) is 11.8 Å². The van der Waals surface area contributed by atoms with E-state index in [1.807, 2.05) is 38.1 Å². The zero-order valence-corrected chi connectivity index (χ0v) is 25.2. The van der Waals surface area contributed by atoms with Crippen molar-refractivity contribution in [2.24, 2.45) is 11.8 Å². The number of rotatable bonds is 12. The van der Waals surface area contributed by atoms with Crippen molar-refractivity contribution in [2.75, 3.05) is 6.54 Å². The molecule has 1 aliphatic heterocycles. The number of ether oxygens (including phenoxy) is 1. The van der Waals surface area contributed by atoms with E-state index in [2.05, 4.69) is 34.2 Å². The van der Waals surface area contributed by atoms with Gasteiger partial charge in [0.05, 0.1) is 5.69 Å². The summed E-state index contributed by atoms with van der Waals surface area (Å²) >= 11 is 0. The molecule has 1 aromatic carbocycles. The topological polar surface area (TPSA) is 130 Å². The molecule has 0 radical (unpaired) electrons. The Morgan fingerprint density at radius 1 is 1.07 bits per heavy atom. The summed E-state index contributed by atoms with van der Waals surface area (Å²) in [7, 11) is 0. The van der Waals surface area contributed by atoms with Gasteiger partial charge < -0.3 is 15.4 Å². The van der Waals surface area contributed by atoms with Crippen LogP contribution in [0.25, 0.3) is 16.8 Å². The Labute approximate surface area is 247 Å². The van der Waals surface area contributed by atoms with Gasteiger partial charge in [0.15, 0.2) is 0 Å². The summed E-state index contributed by atoms with van der Waals surface area (Å²) in [5, 5.41) is 8.81. The molecule has 0 aliphatic carbocycles. The molecular formula is C32H43N5O5. The molecule has 5 atom stereocenters. The Morgan fingerprint density at radius 2 is 1.81 bits per heavy atom. The zero-order chi connectivity index (χ0) is 31.0. The van der Waals surface area contributed by atoms with Crippen molar-refractivity contribution in [1.29, 1.82) is 0 Å². The Hall–Kier alpha value is -4.05. The first-order chi connectivity index (χ1) is 19.9. The second-order valence-electron chi connectivity index (χ2n) is 11.2. The molecule has 1 aromatic heterocycles. The van der Waals surface area contributed by atoms with Crippen LogP contribution in [0.15, 0.2) is 49.7 Å². The molecule has 3 amide bonds. The molecule has 1 aliphatic rings. The largest absolute Gasteiger partial charge is 0.457 e. The second-order valence-corrected chi connectivity index (χ2v) is 11.2. The number of aromatic nitrogens is 1. The maximum Gasteiger partial charge on any atom is 0.325 e. The maximum atomic E-state index is 13.2. The van der Waals surface area contributed by atoms with Crippen LogP contribution in [0.1, 0.15) is 71.2 Å². The molecule has 1 fully saturated rings. The molecule has 3 rings (SSSR count). The quantitative estimate of drug-likeness (QED) is 0.258. The standard InChI is InChI=1S/C32H43N5O5/c1-8-11-20(5)29(38)35-28(19(3)4)30(39)34-21(6)31(40)37-15-10-12-27(36-37)32(41)42-22(7)23-13-14-24-18-33-26(9-2)17-25(24)16-23/h8-9,13-14,16-22,27-28,36H,1-2,10-12,15H2,3-7H3,(H,34,39)(H,35,38). The normalized spacial score (nSPS) is 18.0. The van der Waals surface area contributed by atoms with E-state index in [1.165, 1.54) is 5.01 Å². The van der Waals surface area contributed by atoms with E-state index in [0.717, 1.165) is 22.0 Å². The number of hydrazine groups is 1. The number of nitrogens with zero attached hydrogens (tertiary/aromatic N) is 2. The minimum Gasteiger partial charge on any atom is -0.457 e. The lowest BCUT2D eigenvalue weighted by Gasteiger charge is -2.35. The number of hydrogen-bond donors (Lipinski definition) is 3. The van der Waals surface area contributed by atoms with E-state index in [-0.39, 0.29) is 23.7 Å². The highest BCUT2D eigenvalue weighted by Gasteiger charge is 2.34. The fourth-order valence-electron chi connectivity index (χ4n) is 4.77. The van der Waals surface area contributed by atoms with Crippen molar-refractivity contribution in [2.45, 2.75) is 78.1 Å². The minimum absolute atomic E-state index is 0.190. The van der Waals surface area contributed by atoms with Gasteiger partial charge in [0.2, 0.25) is 11.8 Å². The van der Waals surface area contributed by atoms with E-state index < -0.39 is 36.1 Å². The SMILES string of the molecule is C=CCC(C)C(=O)NC(C(=O)NC(C)C(=O)N1CCCC(C(=O)OC(C)c2ccc3cnc(C=C)cc3c2)N1)C(C)C. The van der Waals surface area contributed by atoms with E-state index in [1.54, 1.807) is 39.1 Å². The molecule has 2 aromatic rings. The molecule has 1 saturated heterocycles. The van der Waals surface area contributed by atoms with Gasteiger partial charge in [-0.05, 0) is 68.2 Å². The second kappa shape index (κ2) is 14.7. The summed E-state index contributed by atoms with van der Waals surface area (Å²) in [6, 6.07) is 5.33. The molecule has 42 heavy (non-hydrogen) atoms. The van der Waals surface area contributed by atoms with Gasteiger partial charge in [-0.2, -0.15) is 0 Å². The predicted molar refractivity (Wildman–Crippen MR) is 163 cm³/mol. The van der Waals surface area contributed by atoms with Gasteiger partial charge in [0, 0.05) is 24.0 Å². The summed E-state index contributed by atoms with van der Waals surface area (Å²) < 4.78 is 5.77. The highest BCUT2D eigenvalue weighted by atomic mass is 16.5. The van der Waals surface area contributed by atoms with Gasteiger partial charge >= 0.3 is 5.97 Å². The van der Waals surface area contributed by atoms with Gasteiger partial charge in [-0.3, -0.25) is 29.2 Å². The van der Waals surface area contributed by atoms with Crippen LogP contribution in [0.5, 0.6) is 0 Å². The lowest BCUT2D eigenvalue weighted by Crippen LogP contribution is -2.61. The summed E-state index contributed by atoms with van der Waals surface area (Å²) in [6.45, 7) is 16.6. The van der Waals surface area contributed by atoms with Crippen LogP contribution < -0.4 is 16.1 Å². The molecule has 10 heteroatoms. The molecule has 5 unspecified atom stereocenters. The number of carbonyl (C=O) groups excluding carboxylic acids is 4. The Bertz CT molecular complexity index is 1330. The van der Waals surface area contributed by atoms with Crippen LogP contribution in [0.4, 0.5) is 0 Å². The predicted octanol–water partition coefficient (Wildman–Crippen LogP) is 3.84. The fraction of sp³-hybridized carbons (Fsp3) is 0.469. The average Bonchev–Trinajstić information content (AvgIpc) is 2.98. The van der Waals surface area contributed by atoms with Crippen molar-refractivity contribution in [3.8, 4) is 0 Å². The number of nitrogens with one attached hydrogen (secondary N) is 3.